The average Bonchev–Trinajstić information content (AvgIpc) is 3.32. The van der Waals surface area contributed by atoms with E-state index in [1.54, 1.807) is 0 Å². The van der Waals surface area contributed by atoms with E-state index >= 15 is 0 Å². The number of anilines is 2. The lowest BCUT2D eigenvalue weighted by atomic mass is 9.98. The molecule has 6 nitrogen and oxygen atoms in total. The molecule has 0 aromatic heterocycles. The van der Waals surface area contributed by atoms with Crippen molar-refractivity contribution < 1.29 is 14.3 Å². The lowest BCUT2D eigenvalue weighted by Crippen LogP contribution is -2.35. The maximum absolute atomic E-state index is 13.1. The molecule has 1 aromatic carbocycles. The highest BCUT2D eigenvalue weighted by atomic mass is 16.5. The minimum atomic E-state index is -0.0924. The SMILES string of the molecule is CCCC[C@H](CC)C(=O)Nc1ccc(N2CCCCC2)c(C(=O)NC[C@@H]2CCCO2)c1. The quantitative estimate of drug-likeness (QED) is 0.564. The van der Waals surface area contributed by atoms with Gasteiger partial charge in [-0.1, -0.05) is 26.7 Å². The van der Waals surface area contributed by atoms with Gasteiger partial charge in [0.2, 0.25) is 5.91 Å². The molecule has 2 amide bonds. The summed E-state index contributed by atoms with van der Waals surface area (Å²) in [6.45, 7) is 7.44. The largest absolute Gasteiger partial charge is 0.376 e. The van der Waals surface area contributed by atoms with Gasteiger partial charge < -0.3 is 20.3 Å². The van der Waals surface area contributed by atoms with Gasteiger partial charge in [0.1, 0.15) is 0 Å². The number of amides is 2. The third-order valence-electron chi connectivity index (χ3n) is 6.49. The van der Waals surface area contributed by atoms with E-state index < -0.39 is 0 Å². The number of nitrogens with zero attached hydrogens (tertiary/aromatic N) is 1. The van der Waals surface area contributed by atoms with Gasteiger partial charge in [0.15, 0.2) is 0 Å². The number of piperidine rings is 1. The van der Waals surface area contributed by atoms with Gasteiger partial charge in [0.25, 0.3) is 5.91 Å². The molecule has 2 heterocycles. The number of unbranched alkanes of at least 4 members (excludes halogenated alkanes) is 1. The number of benzene rings is 1. The Kier molecular flexibility index (Phi) is 9.19. The predicted molar refractivity (Wildman–Crippen MR) is 126 cm³/mol. The van der Waals surface area contributed by atoms with Gasteiger partial charge in [-0.3, -0.25) is 9.59 Å². The molecule has 1 aromatic rings. The minimum Gasteiger partial charge on any atom is -0.376 e. The van der Waals surface area contributed by atoms with Crippen molar-refractivity contribution >= 4 is 23.2 Å². The molecule has 2 fully saturated rings. The summed E-state index contributed by atoms with van der Waals surface area (Å²) < 4.78 is 5.65. The summed E-state index contributed by atoms with van der Waals surface area (Å²) in [6, 6.07) is 5.78. The summed E-state index contributed by atoms with van der Waals surface area (Å²) >= 11 is 0. The second-order valence-corrected chi connectivity index (χ2v) is 8.86. The van der Waals surface area contributed by atoms with E-state index in [4.69, 9.17) is 4.74 Å². The average molecular weight is 430 g/mol. The van der Waals surface area contributed by atoms with Crippen LogP contribution in [0.25, 0.3) is 0 Å². The molecule has 0 saturated carbocycles. The molecule has 2 aliphatic heterocycles. The normalized spacial score (nSPS) is 19.8. The Morgan fingerprint density at radius 3 is 2.65 bits per heavy atom. The smallest absolute Gasteiger partial charge is 0.253 e. The maximum atomic E-state index is 13.1. The molecule has 2 saturated heterocycles. The number of hydrogen-bond donors (Lipinski definition) is 2. The fraction of sp³-hybridized carbons (Fsp3) is 0.680. The highest BCUT2D eigenvalue weighted by Gasteiger charge is 2.23. The van der Waals surface area contributed by atoms with Crippen LogP contribution in [0.4, 0.5) is 11.4 Å². The highest BCUT2D eigenvalue weighted by Crippen LogP contribution is 2.28. The molecule has 0 unspecified atom stereocenters. The fourth-order valence-electron chi connectivity index (χ4n) is 4.53. The van der Waals surface area contributed by atoms with Crippen LogP contribution >= 0.6 is 0 Å². The van der Waals surface area contributed by atoms with Gasteiger partial charge in [-0.15, -0.1) is 0 Å². The van der Waals surface area contributed by atoms with Gasteiger partial charge in [-0.25, -0.2) is 0 Å². The second kappa shape index (κ2) is 12.1. The summed E-state index contributed by atoms with van der Waals surface area (Å²) in [4.78, 5) is 28.2. The lowest BCUT2D eigenvalue weighted by Gasteiger charge is -2.30. The topological polar surface area (TPSA) is 70.7 Å². The second-order valence-electron chi connectivity index (χ2n) is 8.86. The van der Waals surface area contributed by atoms with E-state index in [0.717, 1.165) is 76.8 Å². The maximum Gasteiger partial charge on any atom is 0.253 e. The van der Waals surface area contributed by atoms with E-state index in [9.17, 15) is 9.59 Å². The first-order chi connectivity index (χ1) is 15.1. The van der Waals surface area contributed by atoms with Crippen molar-refractivity contribution in [3.63, 3.8) is 0 Å². The van der Waals surface area contributed by atoms with Crippen LogP contribution in [0.5, 0.6) is 0 Å². The Balaban J connectivity index is 1.75. The van der Waals surface area contributed by atoms with Gasteiger partial charge in [-0.05, 0) is 63.1 Å². The van der Waals surface area contributed by atoms with Crippen LogP contribution in [0.15, 0.2) is 18.2 Å². The third-order valence-corrected chi connectivity index (χ3v) is 6.49. The molecule has 2 aliphatic rings. The number of hydrogen-bond acceptors (Lipinski definition) is 4. The first kappa shape index (κ1) is 23.6. The first-order valence-electron chi connectivity index (χ1n) is 12.2. The molecular weight excluding hydrogens is 390 g/mol. The molecule has 3 rings (SSSR count). The molecule has 0 bridgehead atoms. The minimum absolute atomic E-state index is 0.0125. The predicted octanol–water partition coefficient (Wildman–Crippen LogP) is 4.74. The third kappa shape index (κ3) is 6.70. The van der Waals surface area contributed by atoms with E-state index in [-0.39, 0.29) is 23.8 Å². The van der Waals surface area contributed by atoms with Crippen LogP contribution in [0.2, 0.25) is 0 Å². The molecule has 0 aliphatic carbocycles. The van der Waals surface area contributed by atoms with E-state index in [2.05, 4.69) is 29.4 Å². The molecule has 0 radical (unpaired) electrons. The zero-order valence-electron chi connectivity index (χ0n) is 19.3. The van der Waals surface area contributed by atoms with E-state index in [0.29, 0.717) is 17.8 Å². The van der Waals surface area contributed by atoms with Crippen LogP contribution in [0, 0.1) is 5.92 Å². The highest BCUT2D eigenvalue weighted by molar-refractivity contribution is 6.02. The van der Waals surface area contributed by atoms with Gasteiger partial charge in [0, 0.05) is 43.5 Å². The zero-order valence-corrected chi connectivity index (χ0v) is 19.3. The van der Waals surface area contributed by atoms with Crippen molar-refractivity contribution in [2.75, 3.05) is 36.5 Å². The molecule has 31 heavy (non-hydrogen) atoms. The van der Waals surface area contributed by atoms with Crippen LogP contribution < -0.4 is 15.5 Å². The van der Waals surface area contributed by atoms with Gasteiger partial charge in [-0.2, -0.15) is 0 Å². The standard InChI is InChI=1S/C25H39N3O3/c1-3-5-10-19(4-2)24(29)27-20-12-13-23(28-14-7-6-8-15-28)22(17-20)25(30)26-18-21-11-9-16-31-21/h12-13,17,19,21H,3-11,14-16,18H2,1-2H3,(H,26,30)(H,27,29)/t19-,21-/m0/s1. The summed E-state index contributed by atoms with van der Waals surface area (Å²) in [6.07, 6.45) is 9.54. The zero-order chi connectivity index (χ0) is 22.1. The Labute approximate surface area is 187 Å². The van der Waals surface area contributed by atoms with Crippen LogP contribution in [0.3, 0.4) is 0 Å². The van der Waals surface area contributed by atoms with Gasteiger partial charge >= 0.3 is 0 Å². The van der Waals surface area contributed by atoms with Crippen LogP contribution in [0.1, 0.15) is 82.0 Å². The molecule has 6 heteroatoms. The van der Waals surface area contributed by atoms with Crippen molar-refractivity contribution in [1.29, 1.82) is 0 Å². The number of carbonyl (C=O) groups excluding carboxylic acids is 2. The first-order valence-corrected chi connectivity index (χ1v) is 12.2. The Bertz CT molecular complexity index is 725. The van der Waals surface area contributed by atoms with Crippen molar-refractivity contribution in [1.82, 2.24) is 5.32 Å². The summed E-state index contributed by atoms with van der Waals surface area (Å²) in [7, 11) is 0. The van der Waals surface area contributed by atoms with Crippen LogP contribution in [-0.2, 0) is 9.53 Å². The lowest BCUT2D eigenvalue weighted by molar-refractivity contribution is -0.120. The molecule has 0 spiro atoms. The van der Waals surface area contributed by atoms with Crippen LogP contribution in [-0.4, -0.2) is 44.2 Å². The number of rotatable bonds is 10. The molecular formula is C25H39N3O3. The van der Waals surface area contributed by atoms with Crippen molar-refractivity contribution in [3.8, 4) is 0 Å². The van der Waals surface area contributed by atoms with Crippen molar-refractivity contribution in [2.24, 2.45) is 5.92 Å². The fourth-order valence-corrected chi connectivity index (χ4v) is 4.53. The summed E-state index contributed by atoms with van der Waals surface area (Å²) in [5.74, 6) is -0.0314. The Morgan fingerprint density at radius 1 is 1.16 bits per heavy atom. The number of nitrogens with one attached hydrogen (secondary N) is 2. The summed E-state index contributed by atoms with van der Waals surface area (Å²) in [5.41, 5.74) is 2.29. The van der Waals surface area contributed by atoms with Crippen molar-refractivity contribution in [2.45, 2.75) is 77.7 Å². The Morgan fingerprint density at radius 2 is 1.97 bits per heavy atom. The Hall–Kier alpha value is -2.08. The monoisotopic (exact) mass is 429 g/mol. The van der Waals surface area contributed by atoms with Gasteiger partial charge in [0.05, 0.1) is 11.7 Å². The number of ether oxygens (including phenoxy) is 1. The summed E-state index contributed by atoms with van der Waals surface area (Å²) in [5, 5.41) is 6.12. The molecule has 2 atom stereocenters. The number of carbonyl (C=O) groups is 2. The van der Waals surface area contributed by atoms with Crippen molar-refractivity contribution in [3.05, 3.63) is 23.8 Å². The molecule has 172 valence electrons. The molecule has 2 N–H and O–H groups in total. The van der Waals surface area contributed by atoms with E-state index in [1.165, 1.54) is 6.42 Å². The van der Waals surface area contributed by atoms with E-state index in [1.807, 2.05) is 18.2 Å².